The van der Waals surface area contributed by atoms with Crippen LogP contribution in [0.25, 0.3) is 11.3 Å². The molecule has 0 amide bonds. The second-order valence-electron chi connectivity index (χ2n) is 5.10. The predicted octanol–water partition coefficient (Wildman–Crippen LogP) is 1.93. The van der Waals surface area contributed by atoms with Crippen molar-refractivity contribution in [2.45, 2.75) is 6.92 Å². The van der Waals surface area contributed by atoms with Crippen molar-refractivity contribution in [3.05, 3.63) is 62.7 Å². The van der Waals surface area contributed by atoms with E-state index in [1.165, 1.54) is 35.8 Å². The van der Waals surface area contributed by atoms with Gasteiger partial charge >= 0.3 is 5.63 Å². The van der Waals surface area contributed by atoms with Crippen LogP contribution in [-0.4, -0.2) is 21.5 Å². The van der Waals surface area contributed by atoms with E-state index in [-0.39, 0.29) is 17.0 Å². The van der Waals surface area contributed by atoms with E-state index >= 15 is 0 Å². The van der Waals surface area contributed by atoms with Crippen LogP contribution in [0.15, 0.2) is 49.9 Å². The number of thiazole rings is 1. The molecule has 25 heavy (non-hydrogen) atoms. The Balaban J connectivity index is 1.83. The molecule has 0 aliphatic carbocycles. The number of rotatable bonds is 4. The van der Waals surface area contributed by atoms with Gasteiger partial charge in [-0.2, -0.15) is 5.23 Å². The van der Waals surface area contributed by atoms with E-state index in [1.807, 2.05) is 0 Å². The van der Waals surface area contributed by atoms with Crippen molar-refractivity contribution in [2.75, 3.05) is 0 Å². The molecule has 0 radical (unpaired) electrons. The molecular formula is C16H13N3O5S. The van der Waals surface area contributed by atoms with Crippen molar-refractivity contribution >= 4 is 28.4 Å². The molecule has 2 heterocycles. The minimum atomic E-state index is -0.994. The van der Waals surface area contributed by atoms with Gasteiger partial charge in [0.05, 0.1) is 5.69 Å². The molecule has 0 bridgehead atoms. The Hall–Kier alpha value is -2.85. The Morgan fingerprint density at radius 3 is 2.72 bits per heavy atom. The quantitative estimate of drug-likeness (QED) is 0.483. The van der Waals surface area contributed by atoms with Crippen molar-refractivity contribution in [3.63, 3.8) is 0 Å². The number of aromatic hydroxyl groups is 1. The average molecular weight is 359 g/mol. The second kappa shape index (κ2) is 6.95. The fourth-order valence-electron chi connectivity index (χ4n) is 2.08. The Kier molecular flexibility index (Phi) is 4.72. The topological polar surface area (TPSA) is 123 Å². The van der Waals surface area contributed by atoms with Crippen LogP contribution in [0.3, 0.4) is 0 Å². The molecule has 3 rings (SSSR count). The summed E-state index contributed by atoms with van der Waals surface area (Å²) in [4.78, 5) is 20.1. The number of hydrogen-bond acceptors (Lipinski definition) is 8. The van der Waals surface area contributed by atoms with E-state index in [4.69, 9.17) is 9.62 Å². The molecule has 3 N–H and O–H groups in total. The first kappa shape index (κ1) is 17.0. The molecule has 1 aromatic carbocycles. The Morgan fingerprint density at radius 1 is 1.36 bits per heavy atom. The molecule has 8 nitrogen and oxygen atoms in total. The number of nitrogens with zero attached hydrogens (tertiary/aromatic N) is 2. The fraction of sp³-hybridized carbons (Fsp3) is 0.0625. The molecule has 2 aromatic heterocycles. The number of aromatic nitrogens is 1. The van der Waals surface area contributed by atoms with Crippen LogP contribution in [0.5, 0.6) is 5.75 Å². The van der Waals surface area contributed by atoms with Gasteiger partial charge in [-0.25, -0.2) is 20.0 Å². The van der Waals surface area contributed by atoms with Crippen LogP contribution < -0.4 is 10.9 Å². The second-order valence-corrected chi connectivity index (χ2v) is 5.94. The lowest BCUT2D eigenvalue weighted by Gasteiger charge is -2.11. The van der Waals surface area contributed by atoms with E-state index in [9.17, 15) is 15.1 Å². The van der Waals surface area contributed by atoms with Crippen LogP contribution in [-0.2, 0) is 0 Å². The van der Waals surface area contributed by atoms with Gasteiger partial charge in [-0.15, -0.1) is 11.3 Å². The van der Waals surface area contributed by atoms with E-state index in [2.05, 4.69) is 9.98 Å². The van der Waals surface area contributed by atoms with Crippen LogP contribution in [0, 0.1) is 12.1 Å². The largest absolute Gasteiger partial charge is 0.595 e. The van der Waals surface area contributed by atoms with Crippen molar-refractivity contribution in [2.24, 2.45) is 4.99 Å². The first-order chi connectivity index (χ1) is 11.9. The number of aryl methyl sites for hydroxylation is 1. The summed E-state index contributed by atoms with van der Waals surface area (Å²) >= 11 is 1.25. The van der Waals surface area contributed by atoms with Gasteiger partial charge in [0, 0.05) is 35.4 Å². The van der Waals surface area contributed by atoms with Gasteiger partial charge in [0.25, 0.3) is 0 Å². The summed E-state index contributed by atoms with van der Waals surface area (Å²) in [5, 5.41) is 30.7. The van der Waals surface area contributed by atoms with Gasteiger partial charge in [0.1, 0.15) is 17.1 Å². The molecule has 1 atom stereocenters. The third-order valence-corrected chi connectivity index (χ3v) is 4.06. The molecule has 0 fully saturated rings. The van der Waals surface area contributed by atoms with Gasteiger partial charge in [-0.3, -0.25) is 0 Å². The number of quaternary nitrogens is 1. The minimum absolute atomic E-state index is 0.0480. The van der Waals surface area contributed by atoms with Crippen LogP contribution >= 0.6 is 11.3 Å². The van der Waals surface area contributed by atoms with Gasteiger partial charge < -0.3 is 14.7 Å². The zero-order chi connectivity index (χ0) is 18.0. The smallest absolute Gasteiger partial charge is 0.348 e. The number of nitrogens with one attached hydrogen (secondary N) is 1. The lowest BCUT2D eigenvalue weighted by atomic mass is 10.1. The molecule has 0 spiro atoms. The summed E-state index contributed by atoms with van der Waals surface area (Å²) in [5.74, 6) is 0.0968. The van der Waals surface area contributed by atoms with E-state index in [0.717, 1.165) is 5.56 Å². The molecular weight excluding hydrogens is 346 g/mol. The molecule has 0 saturated carbocycles. The van der Waals surface area contributed by atoms with Crippen LogP contribution in [0.1, 0.15) is 11.3 Å². The highest BCUT2D eigenvalue weighted by molar-refractivity contribution is 7.13. The SMILES string of the molecule is Cc1cc(O)c(/C=N/c2nc(-c3ccc([NH+]([O-])O)cc3)cs2)c(=O)o1. The zero-order valence-corrected chi connectivity index (χ0v) is 13.8. The average Bonchev–Trinajstić information content (AvgIpc) is 3.03. The molecule has 9 heteroatoms. The zero-order valence-electron chi connectivity index (χ0n) is 13.0. The Bertz CT molecular complexity index is 976. The first-order valence-electron chi connectivity index (χ1n) is 7.11. The monoisotopic (exact) mass is 359 g/mol. The molecule has 0 aliphatic rings. The van der Waals surface area contributed by atoms with Crippen molar-refractivity contribution in [3.8, 4) is 17.0 Å². The lowest BCUT2D eigenvalue weighted by molar-refractivity contribution is -0.991. The molecule has 0 aliphatic heterocycles. The highest BCUT2D eigenvalue weighted by atomic mass is 32.1. The molecule has 1 unspecified atom stereocenters. The van der Waals surface area contributed by atoms with Crippen molar-refractivity contribution in [1.29, 1.82) is 0 Å². The van der Waals surface area contributed by atoms with Crippen molar-refractivity contribution < 1.29 is 20.0 Å². The van der Waals surface area contributed by atoms with Gasteiger partial charge in [-0.1, -0.05) is 0 Å². The molecule has 128 valence electrons. The van der Waals surface area contributed by atoms with Gasteiger partial charge in [0.2, 0.25) is 5.13 Å². The maximum Gasteiger partial charge on any atom is 0.348 e. The van der Waals surface area contributed by atoms with Crippen molar-refractivity contribution in [1.82, 2.24) is 4.98 Å². The highest BCUT2D eigenvalue weighted by Crippen LogP contribution is 2.27. The van der Waals surface area contributed by atoms with Gasteiger partial charge in [0.15, 0.2) is 5.69 Å². The number of aliphatic imine (C=N–C) groups is 1. The summed E-state index contributed by atoms with van der Waals surface area (Å²) in [7, 11) is 0. The summed E-state index contributed by atoms with van der Waals surface area (Å²) in [6, 6.07) is 7.64. The van der Waals surface area contributed by atoms with Crippen LogP contribution in [0.4, 0.5) is 10.8 Å². The third kappa shape index (κ3) is 3.80. The summed E-state index contributed by atoms with van der Waals surface area (Å²) < 4.78 is 4.91. The third-order valence-electron chi connectivity index (χ3n) is 3.31. The van der Waals surface area contributed by atoms with Crippen LogP contribution in [0.2, 0.25) is 0 Å². The Morgan fingerprint density at radius 2 is 2.08 bits per heavy atom. The number of benzene rings is 1. The number of hydrogen-bond donors (Lipinski definition) is 3. The minimum Gasteiger partial charge on any atom is -0.595 e. The maximum absolute atomic E-state index is 11.7. The Labute approximate surface area is 145 Å². The van der Waals surface area contributed by atoms with Gasteiger partial charge in [-0.05, 0) is 19.1 Å². The first-order valence-corrected chi connectivity index (χ1v) is 7.99. The lowest BCUT2D eigenvalue weighted by Crippen LogP contribution is -2.99. The highest BCUT2D eigenvalue weighted by Gasteiger charge is 2.09. The summed E-state index contributed by atoms with van der Waals surface area (Å²) in [5.41, 5.74) is 0.851. The predicted molar refractivity (Wildman–Crippen MR) is 92.0 cm³/mol. The van der Waals surface area contributed by atoms with E-state index < -0.39 is 10.9 Å². The molecule has 0 saturated heterocycles. The standard InChI is InChI=1S/C16H13N3O5S/c1-9-6-14(20)12(15(21)24-9)7-17-16-18-13(8-25-16)10-2-4-11(5-3-10)19(22)23/h2-8,19-20,22H,1H3/b17-7+. The maximum atomic E-state index is 11.7. The van der Waals surface area contributed by atoms with E-state index in [0.29, 0.717) is 16.6 Å². The molecule has 3 aromatic rings. The summed E-state index contributed by atoms with van der Waals surface area (Å²) in [6.45, 7) is 1.56. The fourth-order valence-corrected chi connectivity index (χ4v) is 2.75. The summed E-state index contributed by atoms with van der Waals surface area (Å²) in [6.07, 6.45) is 1.21. The normalized spacial score (nSPS) is 12.6. The van der Waals surface area contributed by atoms with E-state index in [1.54, 1.807) is 24.4 Å².